The molecule has 3 aromatic rings. The van der Waals surface area contributed by atoms with E-state index >= 15 is 0 Å². The molecule has 0 saturated carbocycles. The van der Waals surface area contributed by atoms with Crippen molar-refractivity contribution in [1.82, 2.24) is 14.8 Å². The molecule has 1 saturated heterocycles. The van der Waals surface area contributed by atoms with Crippen molar-refractivity contribution in [2.24, 2.45) is 0 Å². The number of carbonyl (C=O) groups is 1. The first-order chi connectivity index (χ1) is 14.7. The molecular weight excluding hydrogens is 396 g/mol. The van der Waals surface area contributed by atoms with E-state index < -0.39 is 0 Å². The summed E-state index contributed by atoms with van der Waals surface area (Å²) in [5.41, 5.74) is 3.52. The van der Waals surface area contributed by atoms with Crippen molar-refractivity contribution in [2.75, 3.05) is 18.0 Å². The number of thioether (sulfide) groups is 1. The Labute approximate surface area is 180 Å². The Morgan fingerprint density at radius 2 is 1.97 bits per heavy atom. The van der Waals surface area contributed by atoms with Crippen LogP contribution in [0.3, 0.4) is 0 Å². The molecule has 156 valence electrons. The number of anilines is 1. The molecule has 0 amide bonds. The molecule has 2 aliphatic rings. The summed E-state index contributed by atoms with van der Waals surface area (Å²) in [6.45, 7) is 4.50. The lowest BCUT2D eigenvalue weighted by molar-refractivity contribution is 0.0993. The van der Waals surface area contributed by atoms with Gasteiger partial charge >= 0.3 is 0 Å². The van der Waals surface area contributed by atoms with Gasteiger partial charge in [-0.05, 0) is 68.4 Å². The van der Waals surface area contributed by atoms with E-state index in [9.17, 15) is 4.79 Å². The van der Waals surface area contributed by atoms with E-state index in [4.69, 9.17) is 4.42 Å². The second-order valence-electron chi connectivity index (χ2n) is 8.10. The summed E-state index contributed by atoms with van der Waals surface area (Å²) in [5, 5.41) is 9.45. The van der Waals surface area contributed by atoms with Crippen LogP contribution < -0.4 is 4.90 Å². The predicted molar refractivity (Wildman–Crippen MR) is 117 cm³/mol. The van der Waals surface area contributed by atoms with E-state index in [1.54, 1.807) is 6.26 Å². The summed E-state index contributed by atoms with van der Waals surface area (Å²) in [6, 6.07) is 10.0. The first-order valence-corrected chi connectivity index (χ1v) is 11.6. The molecule has 30 heavy (non-hydrogen) atoms. The van der Waals surface area contributed by atoms with Crippen molar-refractivity contribution < 1.29 is 9.21 Å². The Bertz CT molecular complexity index is 1040. The number of furan rings is 1. The van der Waals surface area contributed by atoms with Crippen LogP contribution >= 0.6 is 11.8 Å². The molecule has 0 N–H and O–H groups in total. The van der Waals surface area contributed by atoms with Gasteiger partial charge in [0, 0.05) is 18.7 Å². The van der Waals surface area contributed by atoms with Crippen LogP contribution in [-0.2, 0) is 19.4 Å². The lowest BCUT2D eigenvalue weighted by Gasteiger charge is -2.18. The third kappa shape index (κ3) is 3.78. The molecule has 1 fully saturated rings. The topological polar surface area (TPSA) is 64.2 Å². The molecule has 7 heteroatoms. The summed E-state index contributed by atoms with van der Waals surface area (Å²) >= 11 is 1.48. The third-order valence-electron chi connectivity index (χ3n) is 6.01. The zero-order valence-electron chi connectivity index (χ0n) is 17.2. The SMILES string of the molecule is CC(Sc1nnc(N2CCCC2)n1Cc1ccco1)C(=O)c1ccc2c(c1)CCC2. The van der Waals surface area contributed by atoms with Gasteiger partial charge in [0.05, 0.1) is 18.1 Å². The number of aromatic nitrogens is 3. The smallest absolute Gasteiger partial charge is 0.228 e. The molecule has 0 spiro atoms. The van der Waals surface area contributed by atoms with Crippen LogP contribution in [0.1, 0.15) is 53.4 Å². The number of hydrogen-bond donors (Lipinski definition) is 0. The normalized spacial score (nSPS) is 16.8. The standard InChI is InChI=1S/C23H26N4O2S/c1-16(21(28)19-10-9-17-6-4-7-18(17)14-19)30-23-25-24-22(26-11-2-3-12-26)27(23)15-20-8-5-13-29-20/h5,8-10,13-14,16H,2-4,6-7,11-12,15H2,1H3. The van der Waals surface area contributed by atoms with Gasteiger partial charge in [-0.3, -0.25) is 9.36 Å². The molecule has 6 nitrogen and oxygen atoms in total. The van der Waals surface area contributed by atoms with Gasteiger partial charge in [0.1, 0.15) is 5.76 Å². The van der Waals surface area contributed by atoms with Crippen LogP contribution in [0.5, 0.6) is 0 Å². The molecule has 1 aromatic carbocycles. The first-order valence-electron chi connectivity index (χ1n) is 10.7. The maximum absolute atomic E-state index is 13.1. The highest BCUT2D eigenvalue weighted by molar-refractivity contribution is 8.00. The molecular formula is C23H26N4O2S. The molecule has 5 rings (SSSR count). The third-order valence-corrected chi connectivity index (χ3v) is 7.10. The molecule has 3 heterocycles. The van der Waals surface area contributed by atoms with Gasteiger partial charge in [-0.15, -0.1) is 10.2 Å². The summed E-state index contributed by atoms with van der Waals surface area (Å²) in [5.74, 6) is 1.86. The van der Waals surface area contributed by atoms with E-state index in [1.165, 1.54) is 42.2 Å². The minimum atomic E-state index is -0.240. The van der Waals surface area contributed by atoms with Crippen molar-refractivity contribution in [3.05, 3.63) is 59.0 Å². The Hall–Kier alpha value is -2.54. The largest absolute Gasteiger partial charge is 0.467 e. The van der Waals surface area contributed by atoms with Gasteiger partial charge in [0.15, 0.2) is 10.9 Å². The highest BCUT2D eigenvalue weighted by atomic mass is 32.2. The number of carbonyl (C=O) groups excluding carboxylic acids is 1. The summed E-state index contributed by atoms with van der Waals surface area (Å²) in [7, 11) is 0. The van der Waals surface area contributed by atoms with Crippen LogP contribution in [0.15, 0.2) is 46.2 Å². The minimum Gasteiger partial charge on any atom is -0.467 e. The lowest BCUT2D eigenvalue weighted by atomic mass is 10.0. The lowest BCUT2D eigenvalue weighted by Crippen LogP contribution is -2.23. The van der Waals surface area contributed by atoms with Crippen molar-refractivity contribution in [3.63, 3.8) is 0 Å². The van der Waals surface area contributed by atoms with E-state index in [0.29, 0.717) is 6.54 Å². The quantitative estimate of drug-likeness (QED) is 0.416. The highest BCUT2D eigenvalue weighted by Crippen LogP contribution is 2.31. The number of fused-ring (bicyclic) bond motifs is 1. The van der Waals surface area contributed by atoms with Crippen LogP contribution in [0.2, 0.25) is 0 Å². The van der Waals surface area contributed by atoms with Crippen LogP contribution in [0.25, 0.3) is 0 Å². The molecule has 1 aliphatic carbocycles. The van der Waals surface area contributed by atoms with E-state index in [0.717, 1.165) is 48.4 Å². The fourth-order valence-corrected chi connectivity index (χ4v) is 5.31. The summed E-state index contributed by atoms with van der Waals surface area (Å²) < 4.78 is 7.66. The maximum atomic E-state index is 13.1. The molecule has 1 atom stereocenters. The fourth-order valence-electron chi connectivity index (χ4n) is 4.39. The summed E-state index contributed by atoms with van der Waals surface area (Å²) in [4.78, 5) is 15.4. The zero-order valence-corrected chi connectivity index (χ0v) is 18.0. The van der Waals surface area contributed by atoms with E-state index in [2.05, 4.69) is 31.8 Å². The maximum Gasteiger partial charge on any atom is 0.228 e. The summed E-state index contributed by atoms with van der Waals surface area (Å²) in [6.07, 6.45) is 7.42. The van der Waals surface area contributed by atoms with Gasteiger partial charge in [0.2, 0.25) is 5.95 Å². The second kappa shape index (κ2) is 8.30. The number of ketones is 1. The fraction of sp³-hybridized carbons (Fsp3) is 0.435. The number of nitrogens with zero attached hydrogens (tertiary/aromatic N) is 4. The predicted octanol–water partition coefficient (Wildman–Crippen LogP) is 4.37. The number of aryl methyl sites for hydroxylation is 2. The van der Waals surface area contributed by atoms with Crippen LogP contribution in [0, 0.1) is 0 Å². The number of rotatable bonds is 7. The van der Waals surface area contributed by atoms with Crippen LogP contribution in [-0.4, -0.2) is 38.9 Å². The number of benzene rings is 1. The second-order valence-corrected chi connectivity index (χ2v) is 9.41. The molecule has 1 unspecified atom stereocenters. The minimum absolute atomic E-state index is 0.143. The van der Waals surface area contributed by atoms with Crippen molar-refractivity contribution >= 4 is 23.5 Å². The van der Waals surface area contributed by atoms with Gasteiger partial charge in [0.25, 0.3) is 0 Å². The van der Waals surface area contributed by atoms with Gasteiger partial charge in [-0.25, -0.2) is 0 Å². The Balaban J connectivity index is 1.38. The van der Waals surface area contributed by atoms with Gasteiger partial charge in [-0.2, -0.15) is 0 Å². The molecule has 0 bridgehead atoms. The van der Waals surface area contributed by atoms with Crippen LogP contribution in [0.4, 0.5) is 5.95 Å². The Morgan fingerprint density at radius 1 is 1.13 bits per heavy atom. The number of hydrogen-bond acceptors (Lipinski definition) is 6. The Kier molecular flexibility index (Phi) is 5.37. The molecule has 2 aromatic heterocycles. The van der Waals surface area contributed by atoms with Gasteiger partial charge < -0.3 is 9.32 Å². The average Bonchev–Trinajstić information content (AvgIpc) is 3.55. The van der Waals surface area contributed by atoms with Crippen molar-refractivity contribution in [2.45, 2.75) is 56.0 Å². The first kappa shape index (κ1) is 19.4. The zero-order chi connectivity index (χ0) is 20.5. The molecule has 0 radical (unpaired) electrons. The van der Waals surface area contributed by atoms with E-state index in [-0.39, 0.29) is 11.0 Å². The Morgan fingerprint density at radius 3 is 2.77 bits per heavy atom. The molecule has 1 aliphatic heterocycles. The highest BCUT2D eigenvalue weighted by Gasteiger charge is 2.26. The monoisotopic (exact) mass is 422 g/mol. The van der Waals surface area contributed by atoms with E-state index in [1.807, 2.05) is 25.1 Å². The number of Topliss-reactive ketones (excluding diaryl/α,β-unsaturated/α-hetero) is 1. The van der Waals surface area contributed by atoms with Crippen molar-refractivity contribution in [3.8, 4) is 0 Å². The average molecular weight is 423 g/mol. The van der Waals surface area contributed by atoms with Gasteiger partial charge in [-0.1, -0.05) is 23.9 Å². The van der Waals surface area contributed by atoms with Crippen molar-refractivity contribution in [1.29, 1.82) is 0 Å².